The fourth-order valence-electron chi connectivity index (χ4n) is 4.71. The molecule has 0 saturated carbocycles. The van der Waals surface area contributed by atoms with E-state index in [0.717, 1.165) is 18.9 Å². The monoisotopic (exact) mass is 568 g/mol. The van der Waals surface area contributed by atoms with Crippen LogP contribution in [0.25, 0.3) is 11.2 Å². The van der Waals surface area contributed by atoms with Crippen LogP contribution in [0.4, 0.5) is 10.6 Å². The second-order valence-electron chi connectivity index (χ2n) is 12.2. The first-order valence-electron chi connectivity index (χ1n) is 13.4. The van der Waals surface area contributed by atoms with E-state index in [9.17, 15) is 9.59 Å². The molecule has 0 N–H and O–H groups in total. The summed E-state index contributed by atoms with van der Waals surface area (Å²) in [5.41, 5.74) is 0.397. The minimum Gasteiger partial charge on any atom is -0.444 e. The highest BCUT2D eigenvalue weighted by Gasteiger charge is 2.31. The summed E-state index contributed by atoms with van der Waals surface area (Å²) in [5.74, 6) is 0.584. The molecule has 0 radical (unpaired) electrons. The Kier molecular flexibility index (Phi) is 8.75. The highest BCUT2D eigenvalue weighted by molar-refractivity contribution is 6.76. The van der Waals surface area contributed by atoms with Crippen LogP contribution in [0.5, 0.6) is 0 Å². The number of amides is 1. The van der Waals surface area contributed by atoms with Crippen LogP contribution in [0.2, 0.25) is 31.0 Å². The molecule has 0 spiro atoms. The zero-order chi connectivity index (χ0) is 27.7. The van der Waals surface area contributed by atoms with Crippen LogP contribution in [-0.4, -0.2) is 89.8 Å². The quantitative estimate of drug-likeness (QED) is 0.281. The highest BCUT2D eigenvalue weighted by Crippen LogP contribution is 2.30. The van der Waals surface area contributed by atoms with Gasteiger partial charge in [-0.2, -0.15) is 9.97 Å². The van der Waals surface area contributed by atoms with E-state index in [2.05, 4.69) is 34.5 Å². The average molecular weight is 569 g/mol. The SMILES string of the molecule is CC(C)(C)OC(=O)N1CCN(c2nc(Cl)nc3c2n(COCC[Si](C)(C)C)c(=O)n3C2CCOCC2)CC1. The molecule has 0 aromatic carbocycles. The number of ether oxygens (including phenoxy) is 3. The molecule has 1 amide bonds. The van der Waals surface area contributed by atoms with E-state index < -0.39 is 13.7 Å². The lowest BCUT2D eigenvalue weighted by Crippen LogP contribution is -2.50. The van der Waals surface area contributed by atoms with Crippen molar-refractivity contribution in [2.45, 2.75) is 77.7 Å². The van der Waals surface area contributed by atoms with Crippen LogP contribution in [0, 0.1) is 0 Å². The summed E-state index contributed by atoms with van der Waals surface area (Å²) in [5, 5.41) is 0.0830. The Morgan fingerprint density at radius 1 is 1.11 bits per heavy atom. The Balaban J connectivity index is 1.66. The van der Waals surface area contributed by atoms with Crippen molar-refractivity contribution in [1.29, 1.82) is 0 Å². The predicted molar refractivity (Wildman–Crippen MR) is 150 cm³/mol. The molecule has 0 bridgehead atoms. The number of nitrogens with zero attached hydrogens (tertiary/aromatic N) is 6. The molecule has 2 fully saturated rings. The fourth-order valence-corrected chi connectivity index (χ4v) is 5.62. The van der Waals surface area contributed by atoms with Crippen molar-refractivity contribution in [3.8, 4) is 0 Å². The third kappa shape index (κ3) is 6.88. The van der Waals surface area contributed by atoms with Gasteiger partial charge in [0.25, 0.3) is 0 Å². The maximum atomic E-state index is 13.8. The molecule has 4 rings (SSSR count). The lowest BCUT2D eigenvalue weighted by molar-refractivity contribution is 0.0240. The lowest BCUT2D eigenvalue weighted by Gasteiger charge is -2.36. The molecule has 4 heterocycles. The highest BCUT2D eigenvalue weighted by atomic mass is 35.5. The zero-order valence-corrected chi connectivity index (χ0v) is 25.2. The molecule has 13 heteroatoms. The van der Waals surface area contributed by atoms with Crippen molar-refractivity contribution in [2.24, 2.45) is 0 Å². The lowest BCUT2D eigenvalue weighted by atomic mass is 10.1. The molecule has 2 saturated heterocycles. The first-order valence-corrected chi connectivity index (χ1v) is 17.5. The number of piperazine rings is 1. The van der Waals surface area contributed by atoms with E-state index in [1.54, 1.807) is 14.0 Å². The van der Waals surface area contributed by atoms with E-state index in [1.165, 1.54) is 0 Å². The molecule has 0 unspecified atom stereocenters. The van der Waals surface area contributed by atoms with Crippen LogP contribution in [0.1, 0.15) is 39.7 Å². The third-order valence-electron chi connectivity index (χ3n) is 6.76. The van der Waals surface area contributed by atoms with Crippen molar-refractivity contribution in [2.75, 3.05) is 50.9 Å². The number of carbonyl (C=O) groups excluding carboxylic acids is 1. The van der Waals surface area contributed by atoms with E-state index >= 15 is 0 Å². The van der Waals surface area contributed by atoms with Gasteiger partial charge in [0.15, 0.2) is 11.5 Å². The summed E-state index contributed by atoms with van der Waals surface area (Å²) in [4.78, 5) is 39.3. The Hall–Kier alpha value is -2.15. The van der Waals surface area contributed by atoms with Gasteiger partial charge in [-0.05, 0) is 51.3 Å². The van der Waals surface area contributed by atoms with E-state index in [-0.39, 0.29) is 29.8 Å². The van der Waals surface area contributed by atoms with Gasteiger partial charge in [-0.1, -0.05) is 19.6 Å². The number of anilines is 1. The van der Waals surface area contributed by atoms with Crippen LogP contribution in [0.3, 0.4) is 0 Å². The second kappa shape index (κ2) is 11.5. The van der Waals surface area contributed by atoms with Crippen molar-refractivity contribution < 1.29 is 19.0 Å². The maximum absolute atomic E-state index is 13.8. The van der Waals surface area contributed by atoms with Crippen molar-refractivity contribution in [3.63, 3.8) is 0 Å². The van der Waals surface area contributed by atoms with Crippen LogP contribution < -0.4 is 10.6 Å². The summed E-state index contributed by atoms with van der Waals surface area (Å²) in [6, 6.07) is 0.965. The molecule has 2 aromatic rings. The summed E-state index contributed by atoms with van der Waals surface area (Å²) in [7, 11) is -1.28. The molecule has 0 atom stereocenters. The number of hydrogen-bond donors (Lipinski definition) is 0. The molecule has 38 heavy (non-hydrogen) atoms. The number of fused-ring (bicyclic) bond motifs is 1. The summed E-state index contributed by atoms with van der Waals surface area (Å²) in [6.45, 7) is 16.3. The van der Waals surface area contributed by atoms with Gasteiger partial charge < -0.3 is 24.0 Å². The first kappa shape index (κ1) is 28.8. The topological polar surface area (TPSA) is 104 Å². The van der Waals surface area contributed by atoms with Crippen molar-refractivity contribution >= 4 is 42.7 Å². The normalized spacial score (nSPS) is 17.9. The largest absolute Gasteiger partial charge is 0.444 e. The standard InChI is InChI=1S/C25H41ClN6O5Si/c1-25(2,3)37-24(34)30-11-9-29(10-12-30)20-19-21(28-22(26)27-20)32(18-7-13-35-14-8-18)23(33)31(19)17-36-15-16-38(4,5)6/h18H,7-17H2,1-6H3. The molecule has 2 aliphatic rings. The van der Waals surface area contributed by atoms with Crippen LogP contribution in [0.15, 0.2) is 4.79 Å². The Labute approximate surface area is 230 Å². The molecule has 212 valence electrons. The average Bonchev–Trinajstić information content (AvgIpc) is 3.11. The van der Waals surface area contributed by atoms with Gasteiger partial charge in [0.1, 0.15) is 17.8 Å². The van der Waals surface area contributed by atoms with E-state index in [1.807, 2.05) is 20.8 Å². The van der Waals surface area contributed by atoms with Gasteiger partial charge in [-0.3, -0.25) is 9.13 Å². The number of halogens is 1. The summed E-state index contributed by atoms with van der Waals surface area (Å²) < 4.78 is 20.5. The zero-order valence-electron chi connectivity index (χ0n) is 23.5. The van der Waals surface area contributed by atoms with E-state index in [4.69, 9.17) is 25.8 Å². The van der Waals surface area contributed by atoms with Gasteiger partial charge in [-0.15, -0.1) is 0 Å². The maximum Gasteiger partial charge on any atom is 0.410 e. The Morgan fingerprint density at radius 3 is 2.37 bits per heavy atom. The van der Waals surface area contributed by atoms with Crippen LogP contribution >= 0.6 is 11.6 Å². The molecular formula is C25H41ClN6O5Si. The van der Waals surface area contributed by atoms with Crippen molar-refractivity contribution in [3.05, 3.63) is 15.8 Å². The molecule has 0 aliphatic carbocycles. The van der Waals surface area contributed by atoms with Crippen molar-refractivity contribution in [1.82, 2.24) is 24.0 Å². The third-order valence-corrected chi connectivity index (χ3v) is 8.63. The molecule has 11 nitrogen and oxygen atoms in total. The minimum absolute atomic E-state index is 0.0372. The smallest absolute Gasteiger partial charge is 0.410 e. The first-order chi connectivity index (χ1) is 17.8. The van der Waals surface area contributed by atoms with Gasteiger partial charge in [0, 0.05) is 60.1 Å². The Morgan fingerprint density at radius 2 is 1.76 bits per heavy atom. The van der Waals surface area contributed by atoms with E-state index in [0.29, 0.717) is 63.0 Å². The number of rotatable bonds is 7. The minimum atomic E-state index is -1.28. The fraction of sp³-hybridized carbons (Fsp3) is 0.760. The predicted octanol–water partition coefficient (Wildman–Crippen LogP) is 3.97. The summed E-state index contributed by atoms with van der Waals surface area (Å²) >= 11 is 6.43. The number of imidazole rings is 1. The summed E-state index contributed by atoms with van der Waals surface area (Å²) in [6.07, 6.45) is 1.11. The Bertz CT molecular complexity index is 1190. The van der Waals surface area contributed by atoms with Gasteiger partial charge in [0.2, 0.25) is 5.28 Å². The molecular weight excluding hydrogens is 528 g/mol. The number of hydrogen-bond acceptors (Lipinski definition) is 8. The van der Waals surface area contributed by atoms with Crippen LogP contribution in [-0.2, 0) is 20.9 Å². The van der Waals surface area contributed by atoms with Gasteiger partial charge in [0.05, 0.1) is 0 Å². The van der Waals surface area contributed by atoms with Gasteiger partial charge >= 0.3 is 11.8 Å². The number of carbonyl (C=O) groups is 1. The van der Waals surface area contributed by atoms with Gasteiger partial charge in [-0.25, -0.2) is 9.59 Å². The molecule has 2 aromatic heterocycles. The number of aromatic nitrogens is 4. The second-order valence-corrected chi connectivity index (χ2v) is 18.2. The molecule has 2 aliphatic heterocycles.